The predicted molar refractivity (Wildman–Crippen MR) is 122 cm³/mol. The molecular formula is C25H14Cl2O5. The Balaban J connectivity index is 1.42. The Morgan fingerprint density at radius 3 is 2.59 bits per heavy atom. The average Bonchev–Trinajstić information content (AvgIpc) is 3.35. The number of ether oxygens (including phenoxy) is 2. The van der Waals surface area contributed by atoms with Gasteiger partial charge in [0.1, 0.15) is 17.1 Å². The Bertz CT molecular complexity index is 1420. The standard InChI is InChI=1S/C25H14Cl2O5/c1-13-19(32-25(29)22-12-15-4-2-3-5-20(15)30-22)9-7-16-23(28)21(31-24(13)16)11-14-6-8-17(26)18(27)10-14/h2-12H,1H3/b21-11-. The van der Waals surface area contributed by atoms with Crippen LogP contribution in [0.15, 0.2) is 70.8 Å². The minimum Gasteiger partial charge on any atom is -0.452 e. The first-order chi connectivity index (χ1) is 15.4. The summed E-state index contributed by atoms with van der Waals surface area (Å²) >= 11 is 12.0. The number of ketones is 1. The summed E-state index contributed by atoms with van der Waals surface area (Å²) in [5.74, 6) is -0.0657. The first kappa shape index (κ1) is 20.4. The highest BCUT2D eigenvalue weighted by molar-refractivity contribution is 6.42. The zero-order chi connectivity index (χ0) is 22.4. The highest BCUT2D eigenvalue weighted by Gasteiger charge is 2.31. The first-order valence-electron chi connectivity index (χ1n) is 9.64. The quantitative estimate of drug-likeness (QED) is 0.187. The van der Waals surface area contributed by atoms with E-state index in [-0.39, 0.29) is 23.1 Å². The molecule has 158 valence electrons. The maximum atomic E-state index is 12.8. The summed E-state index contributed by atoms with van der Waals surface area (Å²) in [6.07, 6.45) is 1.59. The summed E-state index contributed by atoms with van der Waals surface area (Å²) in [6.45, 7) is 1.72. The van der Waals surface area contributed by atoms with E-state index in [0.29, 0.717) is 38.1 Å². The number of Topliss-reactive ketones (excluding diaryl/α,β-unsaturated/α-hetero) is 1. The molecule has 0 amide bonds. The monoisotopic (exact) mass is 464 g/mol. The van der Waals surface area contributed by atoms with E-state index in [4.69, 9.17) is 37.1 Å². The van der Waals surface area contributed by atoms with Gasteiger partial charge in [-0.3, -0.25) is 4.79 Å². The molecular weight excluding hydrogens is 451 g/mol. The van der Waals surface area contributed by atoms with Gasteiger partial charge in [0, 0.05) is 10.9 Å². The van der Waals surface area contributed by atoms with Gasteiger partial charge in [0.2, 0.25) is 11.5 Å². The summed E-state index contributed by atoms with van der Waals surface area (Å²) in [6, 6.07) is 17.1. The van der Waals surface area contributed by atoms with E-state index >= 15 is 0 Å². The van der Waals surface area contributed by atoms with E-state index in [1.165, 1.54) is 0 Å². The van der Waals surface area contributed by atoms with Crippen LogP contribution in [0.5, 0.6) is 11.5 Å². The molecule has 5 rings (SSSR count). The van der Waals surface area contributed by atoms with Gasteiger partial charge in [-0.1, -0.05) is 47.5 Å². The van der Waals surface area contributed by atoms with Gasteiger partial charge in [0.15, 0.2) is 5.76 Å². The van der Waals surface area contributed by atoms with Gasteiger partial charge in [-0.15, -0.1) is 0 Å². The van der Waals surface area contributed by atoms with Crippen LogP contribution in [0.3, 0.4) is 0 Å². The molecule has 0 saturated heterocycles. The van der Waals surface area contributed by atoms with Crippen molar-refractivity contribution in [3.63, 3.8) is 0 Å². The van der Waals surface area contributed by atoms with Crippen molar-refractivity contribution in [3.8, 4) is 11.5 Å². The van der Waals surface area contributed by atoms with Crippen molar-refractivity contribution in [1.29, 1.82) is 0 Å². The van der Waals surface area contributed by atoms with Crippen molar-refractivity contribution in [2.24, 2.45) is 0 Å². The van der Waals surface area contributed by atoms with Crippen LogP contribution in [0, 0.1) is 6.92 Å². The number of hydrogen-bond donors (Lipinski definition) is 0. The normalized spacial score (nSPS) is 14.0. The van der Waals surface area contributed by atoms with Gasteiger partial charge >= 0.3 is 5.97 Å². The second kappa shape index (κ2) is 7.86. The molecule has 0 spiro atoms. The predicted octanol–water partition coefficient (Wildman–Crippen LogP) is 6.88. The minimum absolute atomic E-state index is 0.0864. The van der Waals surface area contributed by atoms with E-state index in [0.717, 1.165) is 5.39 Å². The highest BCUT2D eigenvalue weighted by atomic mass is 35.5. The lowest BCUT2D eigenvalue weighted by Crippen LogP contribution is -2.08. The molecule has 1 aliphatic rings. The summed E-state index contributed by atoms with van der Waals surface area (Å²) < 4.78 is 16.9. The molecule has 0 radical (unpaired) electrons. The number of carbonyl (C=O) groups excluding carboxylic acids is 2. The molecule has 0 unspecified atom stereocenters. The molecule has 0 saturated carbocycles. The van der Waals surface area contributed by atoms with Crippen molar-refractivity contribution >= 4 is 52.0 Å². The lowest BCUT2D eigenvalue weighted by Gasteiger charge is -2.09. The highest BCUT2D eigenvalue weighted by Crippen LogP contribution is 2.40. The molecule has 3 aromatic carbocycles. The Morgan fingerprint density at radius 1 is 1.00 bits per heavy atom. The SMILES string of the molecule is Cc1c(OC(=O)c2cc3ccccc3o2)ccc2c1O/C(=C\c1ccc(Cl)c(Cl)c1)C2=O. The second-order valence-corrected chi connectivity index (χ2v) is 8.03. The number of fused-ring (bicyclic) bond motifs is 2. The molecule has 0 bridgehead atoms. The number of allylic oxidation sites excluding steroid dienone is 1. The van der Waals surface area contributed by atoms with Crippen LogP contribution in [0.4, 0.5) is 0 Å². The molecule has 0 atom stereocenters. The van der Waals surface area contributed by atoms with Crippen LogP contribution in [-0.2, 0) is 0 Å². The number of esters is 1. The molecule has 0 fully saturated rings. The smallest absolute Gasteiger partial charge is 0.379 e. The van der Waals surface area contributed by atoms with Crippen molar-refractivity contribution in [2.45, 2.75) is 6.92 Å². The van der Waals surface area contributed by atoms with Gasteiger partial charge in [-0.25, -0.2) is 4.79 Å². The molecule has 1 aliphatic heterocycles. The molecule has 0 aliphatic carbocycles. The Labute approximate surface area is 192 Å². The van der Waals surface area contributed by atoms with Crippen molar-refractivity contribution < 1.29 is 23.5 Å². The molecule has 2 heterocycles. The largest absolute Gasteiger partial charge is 0.452 e. The van der Waals surface area contributed by atoms with Gasteiger partial charge in [0.05, 0.1) is 15.6 Å². The number of carbonyl (C=O) groups is 2. The fourth-order valence-electron chi connectivity index (χ4n) is 3.46. The molecule has 32 heavy (non-hydrogen) atoms. The number of rotatable bonds is 3. The molecule has 5 nitrogen and oxygen atoms in total. The summed E-state index contributed by atoms with van der Waals surface area (Å²) in [5.41, 5.74) is 2.18. The van der Waals surface area contributed by atoms with Crippen LogP contribution < -0.4 is 9.47 Å². The lowest BCUT2D eigenvalue weighted by molar-refractivity contribution is 0.0702. The number of benzene rings is 3. The fourth-order valence-corrected chi connectivity index (χ4v) is 3.77. The number of halogens is 2. The van der Waals surface area contributed by atoms with Crippen LogP contribution in [0.2, 0.25) is 10.0 Å². The average molecular weight is 465 g/mol. The molecule has 0 N–H and O–H groups in total. The van der Waals surface area contributed by atoms with Crippen LogP contribution >= 0.6 is 23.2 Å². The maximum Gasteiger partial charge on any atom is 0.379 e. The summed E-state index contributed by atoms with van der Waals surface area (Å²) in [4.78, 5) is 25.4. The third-order valence-corrected chi connectivity index (χ3v) is 5.85. The third kappa shape index (κ3) is 3.55. The Morgan fingerprint density at radius 2 is 1.81 bits per heavy atom. The van der Waals surface area contributed by atoms with Crippen LogP contribution in [-0.4, -0.2) is 11.8 Å². The first-order valence-corrected chi connectivity index (χ1v) is 10.4. The molecule has 4 aromatic rings. The topological polar surface area (TPSA) is 65.7 Å². The van der Waals surface area contributed by atoms with Crippen LogP contribution in [0.25, 0.3) is 17.0 Å². The fraction of sp³-hybridized carbons (Fsp3) is 0.0400. The van der Waals surface area contributed by atoms with Crippen LogP contribution in [0.1, 0.15) is 32.0 Å². The Hall–Kier alpha value is -3.54. The Kier molecular flexibility index (Phi) is 5.00. The second-order valence-electron chi connectivity index (χ2n) is 7.22. The van der Waals surface area contributed by atoms with Crippen molar-refractivity contribution in [2.75, 3.05) is 0 Å². The molecule has 7 heteroatoms. The number of furan rings is 1. The van der Waals surface area contributed by atoms with Gasteiger partial charge < -0.3 is 13.9 Å². The van der Waals surface area contributed by atoms with E-state index in [1.807, 2.05) is 18.2 Å². The van der Waals surface area contributed by atoms with Gasteiger partial charge in [-0.05, 0) is 55.0 Å². The number of hydrogen-bond acceptors (Lipinski definition) is 5. The van der Waals surface area contributed by atoms with E-state index in [2.05, 4.69) is 0 Å². The van der Waals surface area contributed by atoms with E-state index < -0.39 is 5.97 Å². The maximum absolute atomic E-state index is 12.8. The number of para-hydroxylation sites is 1. The van der Waals surface area contributed by atoms with Crippen molar-refractivity contribution in [3.05, 3.63) is 98.9 Å². The van der Waals surface area contributed by atoms with E-state index in [1.54, 1.807) is 55.5 Å². The van der Waals surface area contributed by atoms with Gasteiger partial charge in [-0.2, -0.15) is 0 Å². The summed E-state index contributed by atoms with van der Waals surface area (Å²) in [7, 11) is 0. The zero-order valence-corrected chi connectivity index (χ0v) is 18.2. The van der Waals surface area contributed by atoms with E-state index in [9.17, 15) is 9.59 Å². The van der Waals surface area contributed by atoms with Gasteiger partial charge in [0.25, 0.3) is 0 Å². The van der Waals surface area contributed by atoms with Crippen molar-refractivity contribution in [1.82, 2.24) is 0 Å². The molecule has 1 aromatic heterocycles. The zero-order valence-electron chi connectivity index (χ0n) is 16.6. The minimum atomic E-state index is -0.639. The summed E-state index contributed by atoms with van der Waals surface area (Å²) in [5, 5.41) is 1.60. The lowest BCUT2D eigenvalue weighted by atomic mass is 10.1. The third-order valence-electron chi connectivity index (χ3n) is 5.11.